The summed E-state index contributed by atoms with van der Waals surface area (Å²) in [6, 6.07) is 14.7. The zero-order valence-electron chi connectivity index (χ0n) is 22.9. The summed E-state index contributed by atoms with van der Waals surface area (Å²) in [6.07, 6.45) is 0.528. The number of piperazine rings is 1. The predicted octanol–water partition coefficient (Wildman–Crippen LogP) is 5.39. The molecule has 0 saturated carbocycles. The maximum atomic E-state index is 14.2. The molecule has 0 aliphatic carbocycles. The number of halogens is 1. The molecule has 2 heterocycles. The smallest absolute Gasteiger partial charge is 0.263 e. The van der Waals surface area contributed by atoms with E-state index in [0.29, 0.717) is 12.0 Å². The van der Waals surface area contributed by atoms with E-state index in [1.54, 1.807) is 32.0 Å². The lowest BCUT2D eigenvalue weighted by Gasteiger charge is -2.43. The molecule has 1 fully saturated rings. The molecule has 0 unspecified atom stereocenters. The van der Waals surface area contributed by atoms with Crippen molar-refractivity contribution in [1.29, 1.82) is 0 Å². The molecule has 202 valence electrons. The first-order valence-electron chi connectivity index (χ1n) is 13.1. The van der Waals surface area contributed by atoms with Crippen LogP contribution in [0.5, 0.6) is 0 Å². The van der Waals surface area contributed by atoms with Crippen molar-refractivity contribution in [3.63, 3.8) is 0 Å². The Labute approximate surface area is 221 Å². The van der Waals surface area contributed by atoms with Gasteiger partial charge >= 0.3 is 0 Å². The molecule has 0 bridgehead atoms. The Kier molecular flexibility index (Phi) is 7.73. The fraction of sp³-hybridized carbons (Fsp3) is 0.552. The maximum Gasteiger partial charge on any atom is 0.263 e. The van der Waals surface area contributed by atoms with Crippen LogP contribution in [0.25, 0.3) is 0 Å². The van der Waals surface area contributed by atoms with E-state index in [1.807, 2.05) is 19.1 Å². The van der Waals surface area contributed by atoms with Gasteiger partial charge in [0.2, 0.25) is 5.90 Å². The Bertz CT molecular complexity index is 1230. The van der Waals surface area contributed by atoms with E-state index in [9.17, 15) is 12.8 Å². The molecule has 2 atom stereocenters. The van der Waals surface area contributed by atoms with Crippen LogP contribution in [0.4, 0.5) is 10.1 Å². The number of hydrogen-bond donors (Lipinski definition) is 0. The Morgan fingerprint density at radius 3 is 2.24 bits per heavy atom. The van der Waals surface area contributed by atoms with E-state index < -0.39 is 20.9 Å². The van der Waals surface area contributed by atoms with Gasteiger partial charge in [0.1, 0.15) is 16.7 Å². The van der Waals surface area contributed by atoms with E-state index in [4.69, 9.17) is 4.74 Å². The highest BCUT2D eigenvalue weighted by Crippen LogP contribution is 2.34. The second-order valence-corrected chi connectivity index (χ2v) is 13.6. The summed E-state index contributed by atoms with van der Waals surface area (Å²) in [5.74, 6) is -0.437. The molecule has 0 aromatic heterocycles. The minimum atomic E-state index is -3.81. The summed E-state index contributed by atoms with van der Waals surface area (Å²) in [6.45, 7) is 16.2. The van der Waals surface area contributed by atoms with Crippen molar-refractivity contribution in [3.05, 3.63) is 65.5 Å². The molecule has 0 amide bonds. The normalized spacial score (nSPS) is 22.7. The predicted molar refractivity (Wildman–Crippen MR) is 148 cm³/mol. The minimum Gasteiger partial charge on any atom is -0.473 e. The summed E-state index contributed by atoms with van der Waals surface area (Å²) >= 11 is 0. The third-order valence-electron chi connectivity index (χ3n) is 7.61. The second-order valence-electron chi connectivity index (χ2n) is 11.8. The number of anilines is 1. The summed E-state index contributed by atoms with van der Waals surface area (Å²) in [5, 5.41) is -0.811. The van der Waals surface area contributed by atoms with Crippen molar-refractivity contribution in [1.82, 2.24) is 4.90 Å². The standard InChI is InChI=1S/C29H40FN3O3S/c1-21(24-9-7-8-10-25(24)30)19-27-31-37(34,35)26(29(5,6)36-27)20-22-11-13-23(14-12-22)32-15-17-33(18-16-32)28(2,3)4/h7-14,21,26H,15-20H2,1-6H3/t21-,26-/m1/s1. The van der Waals surface area contributed by atoms with Crippen molar-refractivity contribution in [2.45, 2.75) is 76.7 Å². The third kappa shape index (κ3) is 6.34. The fourth-order valence-corrected chi connectivity index (χ4v) is 7.01. The SMILES string of the molecule is C[C@H](CC1=NS(=O)(=O)[C@H](Cc2ccc(N3CCN(C(C)(C)C)CC3)cc2)C(C)(C)O1)c1ccccc1F. The number of nitrogens with zero attached hydrogens (tertiary/aromatic N) is 3. The van der Waals surface area contributed by atoms with Gasteiger partial charge in [-0.3, -0.25) is 4.90 Å². The van der Waals surface area contributed by atoms with Crippen LogP contribution in [0.2, 0.25) is 0 Å². The topological polar surface area (TPSA) is 62.2 Å². The number of benzene rings is 2. The quantitative estimate of drug-likeness (QED) is 0.502. The number of ether oxygens (including phenoxy) is 1. The molecule has 0 spiro atoms. The number of rotatable bonds is 6. The van der Waals surface area contributed by atoms with Crippen molar-refractivity contribution >= 4 is 21.6 Å². The maximum absolute atomic E-state index is 14.2. The van der Waals surface area contributed by atoms with Crippen LogP contribution in [-0.2, 0) is 21.2 Å². The summed E-state index contributed by atoms with van der Waals surface area (Å²) < 4.78 is 50.9. The first-order chi connectivity index (χ1) is 17.3. The minimum absolute atomic E-state index is 0.141. The molecule has 4 rings (SSSR count). The largest absolute Gasteiger partial charge is 0.473 e. The van der Waals surface area contributed by atoms with Crippen LogP contribution in [0.1, 0.15) is 65.0 Å². The van der Waals surface area contributed by atoms with E-state index in [-0.39, 0.29) is 29.6 Å². The van der Waals surface area contributed by atoms with Gasteiger partial charge in [0, 0.05) is 43.8 Å². The summed E-state index contributed by atoms with van der Waals surface area (Å²) in [7, 11) is -3.81. The molecule has 37 heavy (non-hydrogen) atoms. The summed E-state index contributed by atoms with van der Waals surface area (Å²) in [4.78, 5) is 4.88. The lowest BCUT2D eigenvalue weighted by molar-refractivity contribution is 0.0803. The number of sulfonamides is 1. The average Bonchev–Trinajstić information content (AvgIpc) is 2.81. The summed E-state index contributed by atoms with van der Waals surface area (Å²) in [5.41, 5.74) is 1.81. The van der Waals surface area contributed by atoms with E-state index in [1.165, 1.54) is 6.07 Å². The zero-order chi connectivity index (χ0) is 27.0. The first kappa shape index (κ1) is 27.6. The van der Waals surface area contributed by atoms with Crippen LogP contribution in [0.15, 0.2) is 52.9 Å². The molecule has 2 aliphatic heterocycles. The van der Waals surface area contributed by atoms with Crippen molar-refractivity contribution in [3.8, 4) is 0 Å². The Balaban J connectivity index is 1.44. The highest BCUT2D eigenvalue weighted by atomic mass is 32.2. The van der Waals surface area contributed by atoms with Crippen molar-refractivity contribution in [2.75, 3.05) is 31.1 Å². The van der Waals surface area contributed by atoms with E-state index in [2.05, 4.69) is 47.1 Å². The second kappa shape index (κ2) is 10.4. The molecule has 2 aliphatic rings. The third-order valence-corrected chi connectivity index (χ3v) is 9.52. The Morgan fingerprint density at radius 1 is 1.05 bits per heavy atom. The molecule has 1 saturated heterocycles. The van der Waals surface area contributed by atoms with Crippen LogP contribution < -0.4 is 4.90 Å². The van der Waals surface area contributed by atoms with Gasteiger partial charge in [-0.05, 0) is 76.3 Å². The molecule has 2 aromatic carbocycles. The van der Waals surface area contributed by atoms with Crippen molar-refractivity contribution in [2.24, 2.45) is 4.40 Å². The molecular formula is C29H40FN3O3S. The monoisotopic (exact) mass is 529 g/mol. The van der Waals surface area contributed by atoms with E-state index >= 15 is 0 Å². The van der Waals surface area contributed by atoms with Gasteiger partial charge in [-0.15, -0.1) is 4.40 Å². The van der Waals surface area contributed by atoms with Crippen LogP contribution in [0.3, 0.4) is 0 Å². The van der Waals surface area contributed by atoms with Gasteiger partial charge in [-0.25, -0.2) is 12.8 Å². The highest BCUT2D eigenvalue weighted by Gasteiger charge is 2.46. The van der Waals surface area contributed by atoms with Gasteiger partial charge in [0.15, 0.2) is 0 Å². The molecule has 2 aromatic rings. The van der Waals surface area contributed by atoms with Crippen LogP contribution in [-0.4, -0.2) is 61.8 Å². The van der Waals surface area contributed by atoms with Gasteiger partial charge in [-0.2, -0.15) is 0 Å². The average molecular weight is 530 g/mol. The fourth-order valence-electron chi connectivity index (χ4n) is 5.32. The molecule has 0 radical (unpaired) electrons. The molecule has 6 nitrogen and oxygen atoms in total. The highest BCUT2D eigenvalue weighted by molar-refractivity contribution is 7.91. The lowest BCUT2D eigenvalue weighted by Crippen LogP contribution is -2.53. The molecular weight excluding hydrogens is 489 g/mol. The van der Waals surface area contributed by atoms with Gasteiger partial charge in [0.05, 0.1) is 0 Å². The van der Waals surface area contributed by atoms with Gasteiger partial charge in [0.25, 0.3) is 10.0 Å². The molecule has 0 N–H and O–H groups in total. The first-order valence-corrected chi connectivity index (χ1v) is 14.6. The lowest BCUT2D eigenvalue weighted by atomic mass is 9.95. The Morgan fingerprint density at radius 2 is 1.68 bits per heavy atom. The molecule has 8 heteroatoms. The van der Waals surface area contributed by atoms with Crippen molar-refractivity contribution < 1.29 is 17.5 Å². The zero-order valence-corrected chi connectivity index (χ0v) is 23.7. The van der Waals surface area contributed by atoms with E-state index in [0.717, 1.165) is 37.4 Å². The van der Waals surface area contributed by atoms with Gasteiger partial charge in [-0.1, -0.05) is 37.3 Å². The van der Waals surface area contributed by atoms with Crippen LogP contribution >= 0.6 is 0 Å². The van der Waals surface area contributed by atoms with Gasteiger partial charge < -0.3 is 9.64 Å². The number of hydrogen-bond acceptors (Lipinski definition) is 5. The van der Waals surface area contributed by atoms with Crippen LogP contribution in [0, 0.1) is 5.82 Å². The Hall–Kier alpha value is -2.45.